The van der Waals surface area contributed by atoms with Crippen LogP contribution in [0, 0.1) is 0 Å². The van der Waals surface area contributed by atoms with Crippen molar-refractivity contribution in [2.75, 3.05) is 6.61 Å². The van der Waals surface area contributed by atoms with Gasteiger partial charge in [0.05, 0.1) is 6.42 Å². The van der Waals surface area contributed by atoms with Crippen LogP contribution in [0.1, 0.15) is 24.8 Å². The zero-order chi connectivity index (χ0) is 15.7. The summed E-state index contributed by atoms with van der Waals surface area (Å²) in [5.74, 6) is -7.93. The maximum atomic E-state index is 13.6. The van der Waals surface area contributed by atoms with Crippen LogP contribution < -0.4 is 5.32 Å². The van der Waals surface area contributed by atoms with Crippen molar-refractivity contribution >= 4 is 11.9 Å². The molecule has 1 aromatic carbocycles. The number of benzene rings is 1. The highest BCUT2D eigenvalue weighted by atomic mass is 19.3. The van der Waals surface area contributed by atoms with E-state index in [1.807, 2.05) is 5.32 Å². The molecule has 0 aromatic heterocycles. The number of ether oxygens (including phenoxy) is 1. The zero-order valence-corrected chi connectivity index (χ0v) is 11.3. The average Bonchev–Trinajstić information content (AvgIpc) is 2.61. The van der Waals surface area contributed by atoms with E-state index in [-0.39, 0.29) is 12.2 Å². The summed E-state index contributed by atoms with van der Waals surface area (Å²) in [6, 6.07) is 7.88. The van der Waals surface area contributed by atoms with Crippen LogP contribution in [0.3, 0.4) is 0 Å². The number of carboxylic acid groups (broad SMARTS) is 1. The minimum absolute atomic E-state index is 0.00697. The minimum Gasteiger partial charge on any atom is -0.481 e. The van der Waals surface area contributed by atoms with Crippen LogP contribution >= 0.6 is 0 Å². The molecule has 2 atom stereocenters. The number of carbonyl (C=O) groups excluding carboxylic acids is 1. The molecule has 1 aliphatic heterocycles. The van der Waals surface area contributed by atoms with Crippen LogP contribution in [0.4, 0.5) is 8.78 Å². The highest BCUT2D eigenvalue weighted by Gasteiger charge is 2.62. The number of aliphatic carboxylic acids is 1. The Balaban J connectivity index is 2.49. The molecule has 1 heterocycles. The Morgan fingerprint density at radius 2 is 2.05 bits per heavy atom. The Labute approximate surface area is 119 Å². The van der Waals surface area contributed by atoms with E-state index in [2.05, 4.69) is 0 Å². The minimum atomic E-state index is -3.66. The van der Waals surface area contributed by atoms with E-state index in [1.165, 1.54) is 12.1 Å². The molecule has 1 fully saturated rings. The summed E-state index contributed by atoms with van der Waals surface area (Å²) in [5.41, 5.74) is -1.67. The fraction of sp³-hybridized carbons (Fsp3) is 0.429. The van der Waals surface area contributed by atoms with Gasteiger partial charge in [-0.3, -0.25) is 9.59 Å². The molecule has 2 unspecified atom stereocenters. The Kier molecular flexibility index (Phi) is 3.95. The molecule has 114 valence electrons. The molecule has 2 rings (SSSR count). The van der Waals surface area contributed by atoms with E-state index in [4.69, 9.17) is 4.74 Å². The summed E-state index contributed by atoms with van der Waals surface area (Å²) in [4.78, 5) is 23.0. The number of hydrogen-bond acceptors (Lipinski definition) is 3. The van der Waals surface area contributed by atoms with Gasteiger partial charge in [0.25, 0.3) is 5.91 Å². The second-order valence-electron chi connectivity index (χ2n) is 4.84. The summed E-state index contributed by atoms with van der Waals surface area (Å²) >= 11 is 0. The molecule has 5 nitrogen and oxygen atoms in total. The number of carbonyl (C=O) groups is 2. The molecule has 0 spiro atoms. The third-order valence-corrected chi connectivity index (χ3v) is 3.39. The van der Waals surface area contributed by atoms with Crippen molar-refractivity contribution in [3.63, 3.8) is 0 Å². The van der Waals surface area contributed by atoms with Gasteiger partial charge in [-0.1, -0.05) is 30.3 Å². The van der Waals surface area contributed by atoms with E-state index in [1.54, 1.807) is 25.1 Å². The van der Waals surface area contributed by atoms with Crippen LogP contribution in [0.2, 0.25) is 0 Å². The molecule has 1 aromatic rings. The van der Waals surface area contributed by atoms with Crippen LogP contribution in [0.15, 0.2) is 30.3 Å². The topological polar surface area (TPSA) is 75.6 Å². The monoisotopic (exact) mass is 299 g/mol. The molecule has 1 saturated heterocycles. The third-order valence-electron chi connectivity index (χ3n) is 3.39. The third kappa shape index (κ3) is 2.73. The number of amides is 1. The van der Waals surface area contributed by atoms with Crippen molar-refractivity contribution in [2.24, 2.45) is 0 Å². The quantitative estimate of drug-likeness (QED) is 0.868. The summed E-state index contributed by atoms with van der Waals surface area (Å²) in [5, 5.41) is 11.5. The van der Waals surface area contributed by atoms with Crippen molar-refractivity contribution in [1.82, 2.24) is 5.32 Å². The molecule has 1 amide bonds. The van der Waals surface area contributed by atoms with Crippen LogP contribution in [0.25, 0.3) is 0 Å². The first-order valence-corrected chi connectivity index (χ1v) is 6.44. The van der Waals surface area contributed by atoms with E-state index in [0.29, 0.717) is 0 Å². The molecule has 21 heavy (non-hydrogen) atoms. The maximum Gasteiger partial charge on any atom is 0.329 e. The first kappa shape index (κ1) is 15.4. The van der Waals surface area contributed by atoms with Gasteiger partial charge in [-0.2, -0.15) is 8.78 Å². The standard InChI is InChI=1S/C14H15F2NO4/c1-2-21-14(8-13(15,16)12(20)17-14)10(11(18)19)9-6-4-3-5-7-9/h3-7,10H,2,8H2,1H3,(H,17,20)(H,18,19). The lowest BCUT2D eigenvalue weighted by molar-refractivity contribution is -0.154. The molecular formula is C14H15F2NO4. The molecule has 0 saturated carbocycles. The van der Waals surface area contributed by atoms with Gasteiger partial charge in [-0.05, 0) is 12.5 Å². The average molecular weight is 299 g/mol. The zero-order valence-electron chi connectivity index (χ0n) is 11.3. The second-order valence-corrected chi connectivity index (χ2v) is 4.84. The molecule has 1 aliphatic rings. The number of nitrogens with one attached hydrogen (secondary N) is 1. The first-order chi connectivity index (χ1) is 9.82. The van der Waals surface area contributed by atoms with Crippen molar-refractivity contribution < 1.29 is 28.2 Å². The molecule has 0 radical (unpaired) electrons. The number of alkyl halides is 2. The Morgan fingerprint density at radius 3 is 2.48 bits per heavy atom. The predicted molar refractivity (Wildman–Crippen MR) is 68.9 cm³/mol. The van der Waals surface area contributed by atoms with Gasteiger partial charge in [0, 0.05) is 6.61 Å². The molecular weight excluding hydrogens is 284 g/mol. The van der Waals surface area contributed by atoms with Crippen molar-refractivity contribution in [2.45, 2.75) is 30.9 Å². The number of halogens is 2. The van der Waals surface area contributed by atoms with Gasteiger partial charge in [0.2, 0.25) is 0 Å². The van der Waals surface area contributed by atoms with E-state index < -0.39 is 35.9 Å². The fourth-order valence-corrected chi connectivity index (χ4v) is 2.60. The summed E-state index contributed by atoms with van der Waals surface area (Å²) in [7, 11) is 0. The summed E-state index contributed by atoms with van der Waals surface area (Å²) in [6.07, 6.45) is -1.02. The highest BCUT2D eigenvalue weighted by molar-refractivity contribution is 5.89. The van der Waals surface area contributed by atoms with Crippen LogP contribution in [0.5, 0.6) is 0 Å². The van der Waals surface area contributed by atoms with E-state index >= 15 is 0 Å². The van der Waals surface area contributed by atoms with Gasteiger partial charge < -0.3 is 15.2 Å². The van der Waals surface area contributed by atoms with Crippen molar-refractivity contribution in [1.29, 1.82) is 0 Å². The lowest BCUT2D eigenvalue weighted by Crippen LogP contribution is -2.51. The Hall–Kier alpha value is -2.02. The Morgan fingerprint density at radius 1 is 1.43 bits per heavy atom. The first-order valence-electron chi connectivity index (χ1n) is 6.44. The molecule has 7 heteroatoms. The smallest absolute Gasteiger partial charge is 0.329 e. The van der Waals surface area contributed by atoms with Crippen LogP contribution in [-0.4, -0.2) is 35.2 Å². The number of hydrogen-bond donors (Lipinski definition) is 2. The summed E-state index contributed by atoms with van der Waals surface area (Å²) < 4.78 is 32.5. The van der Waals surface area contributed by atoms with E-state index in [9.17, 15) is 23.5 Å². The molecule has 0 aliphatic carbocycles. The van der Waals surface area contributed by atoms with Crippen LogP contribution in [-0.2, 0) is 14.3 Å². The highest BCUT2D eigenvalue weighted by Crippen LogP contribution is 2.43. The van der Waals surface area contributed by atoms with Gasteiger partial charge in [-0.15, -0.1) is 0 Å². The van der Waals surface area contributed by atoms with Crippen molar-refractivity contribution in [3.8, 4) is 0 Å². The van der Waals surface area contributed by atoms with Gasteiger partial charge in [0.15, 0.2) is 5.72 Å². The lowest BCUT2D eigenvalue weighted by Gasteiger charge is -2.34. The SMILES string of the molecule is CCOC1(C(C(=O)O)c2ccccc2)CC(F)(F)C(=O)N1. The predicted octanol–water partition coefficient (Wildman–Crippen LogP) is 1.74. The maximum absolute atomic E-state index is 13.6. The number of carboxylic acids is 1. The van der Waals surface area contributed by atoms with Gasteiger partial charge >= 0.3 is 11.9 Å². The second kappa shape index (κ2) is 5.40. The summed E-state index contributed by atoms with van der Waals surface area (Å²) in [6.45, 7) is 1.54. The van der Waals surface area contributed by atoms with Gasteiger partial charge in [0.1, 0.15) is 5.92 Å². The number of rotatable bonds is 5. The lowest BCUT2D eigenvalue weighted by atomic mass is 9.86. The molecule has 2 N–H and O–H groups in total. The Bertz CT molecular complexity index is 549. The normalized spacial score (nSPS) is 25.4. The van der Waals surface area contributed by atoms with Gasteiger partial charge in [-0.25, -0.2) is 0 Å². The van der Waals surface area contributed by atoms with E-state index in [0.717, 1.165) is 0 Å². The molecule has 0 bridgehead atoms. The fourth-order valence-electron chi connectivity index (χ4n) is 2.60. The van der Waals surface area contributed by atoms with Crippen molar-refractivity contribution in [3.05, 3.63) is 35.9 Å². The largest absolute Gasteiger partial charge is 0.481 e.